The third-order valence-electron chi connectivity index (χ3n) is 3.13. The Morgan fingerprint density at radius 2 is 1.65 bits per heavy atom. The van der Waals surface area contributed by atoms with Crippen LogP contribution in [-0.2, 0) is 22.4 Å². The minimum Gasteiger partial charge on any atom is -1.00 e. The summed E-state index contributed by atoms with van der Waals surface area (Å²) in [4.78, 5) is 0. The molecule has 0 saturated heterocycles. The van der Waals surface area contributed by atoms with Crippen molar-refractivity contribution in [2.24, 2.45) is 0 Å². The van der Waals surface area contributed by atoms with Gasteiger partial charge in [0.05, 0.1) is 0 Å². The monoisotopic (exact) mass is 361 g/mol. The van der Waals surface area contributed by atoms with E-state index in [2.05, 4.69) is 51.2 Å². The van der Waals surface area contributed by atoms with E-state index in [-0.39, 0.29) is 53.1 Å². The molecule has 1 aromatic carbocycles. The fraction of sp³-hybridized carbons (Fsp3) is 0.385. The predicted molar refractivity (Wildman–Crippen MR) is 64.9 cm³/mol. The predicted octanol–water partition coefficient (Wildman–Crippen LogP) is -2.12. The van der Waals surface area contributed by atoms with Gasteiger partial charge in [-0.2, -0.15) is 0 Å². The van der Waals surface area contributed by atoms with E-state index in [1.54, 1.807) is 16.7 Å². The second-order valence-electron chi connectivity index (χ2n) is 4.47. The van der Waals surface area contributed by atoms with Crippen molar-refractivity contribution in [2.75, 3.05) is 0 Å². The molecule has 0 aromatic heterocycles. The first kappa shape index (κ1) is 17.6. The normalized spacial score (nSPS) is 17.1. The Kier molecular flexibility index (Phi) is 7.56. The van der Waals surface area contributed by atoms with Crippen LogP contribution in [0.2, 0.25) is 13.1 Å². The third kappa shape index (κ3) is 3.56. The zero-order chi connectivity index (χ0) is 11.0. The average molecular weight is 363 g/mol. The zero-order valence-electron chi connectivity index (χ0n) is 10.6. The minimum absolute atomic E-state index is 0. The summed E-state index contributed by atoms with van der Waals surface area (Å²) in [7, 11) is 0. The second-order valence-corrected chi connectivity index (χ2v) is 17.7. The van der Waals surface area contributed by atoms with Gasteiger partial charge in [-0.1, -0.05) is 0 Å². The maximum Gasteiger partial charge on any atom is -1.00 e. The smallest absolute Gasteiger partial charge is 1.00 e. The van der Waals surface area contributed by atoms with E-state index in [0.717, 1.165) is 3.63 Å². The third-order valence-corrected chi connectivity index (χ3v) is 12.2. The summed E-state index contributed by atoms with van der Waals surface area (Å²) in [5, 5.41) is 0. The van der Waals surface area contributed by atoms with Crippen LogP contribution in [0, 0.1) is 0 Å². The molecule has 1 aliphatic carbocycles. The maximum atomic E-state index is 2.49. The van der Waals surface area contributed by atoms with Gasteiger partial charge in [-0.25, -0.2) is 0 Å². The van der Waals surface area contributed by atoms with Crippen LogP contribution in [0.1, 0.15) is 28.6 Å². The summed E-state index contributed by atoms with van der Waals surface area (Å²) >= 11 is -0.213. The van der Waals surface area contributed by atoms with E-state index in [1.165, 1.54) is 5.56 Å². The van der Waals surface area contributed by atoms with Gasteiger partial charge in [0.25, 0.3) is 0 Å². The SMILES string of the molecule is CC1=C(C)[CH]([Zr+2][Si](C)C)c2ccccc21.[Cl-].[Cl-]. The average Bonchev–Trinajstić information content (AvgIpc) is 2.44. The van der Waals surface area contributed by atoms with E-state index in [0.29, 0.717) is 0 Å². The Morgan fingerprint density at radius 1 is 1.06 bits per heavy atom. The van der Waals surface area contributed by atoms with Crippen molar-refractivity contribution in [2.45, 2.75) is 30.6 Å². The van der Waals surface area contributed by atoms with Crippen LogP contribution in [0.4, 0.5) is 0 Å². The van der Waals surface area contributed by atoms with Crippen LogP contribution in [0.5, 0.6) is 0 Å². The van der Waals surface area contributed by atoms with Crippen molar-refractivity contribution in [3.05, 3.63) is 41.0 Å². The molecule has 1 atom stereocenters. The summed E-state index contributed by atoms with van der Waals surface area (Å²) in [6.07, 6.45) is 0. The number of rotatable bonds is 2. The molecule has 0 nitrogen and oxygen atoms in total. The number of hydrogen-bond donors (Lipinski definition) is 0. The number of hydrogen-bond acceptors (Lipinski definition) is 0. The maximum absolute atomic E-state index is 2.49. The molecule has 0 spiro atoms. The first-order valence-electron chi connectivity index (χ1n) is 5.44. The molecule has 4 heteroatoms. The van der Waals surface area contributed by atoms with E-state index in [1.807, 2.05) is 0 Å². The van der Waals surface area contributed by atoms with Crippen LogP contribution in [0.25, 0.3) is 5.57 Å². The molecule has 0 N–H and O–H groups in total. The minimum atomic E-state index is -0.213. The Hall–Kier alpha value is 0.640. The molecule has 0 fully saturated rings. The van der Waals surface area contributed by atoms with Gasteiger partial charge >= 0.3 is 105 Å². The molecule has 2 rings (SSSR count). The van der Waals surface area contributed by atoms with Crippen molar-refractivity contribution < 1.29 is 47.2 Å². The van der Waals surface area contributed by atoms with Crippen molar-refractivity contribution in [1.29, 1.82) is 0 Å². The molecule has 1 aromatic rings. The second kappa shape index (κ2) is 7.28. The quantitative estimate of drug-likeness (QED) is 0.527. The fourth-order valence-corrected chi connectivity index (χ4v) is 11.3. The molecule has 1 unspecified atom stereocenters. The first-order valence-corrected chi connectivity index (χ1v) is 13.0. The molecule has 1 aliphatic rings. The Morgan fingerprint density at radius 3 is 2.24 bits per heavy atom. The van der Waals surface area contributed by atoms with Gasteiger partial charge in [0.15, 0.2) is 0 Å². The van der Waals surface area contributed by atoms with Gasteiger partial charge in [0.2, 0.25) is 0 Å². The van der Waals surface area contributed by atoms with Crippen LogP contribution >= 0.6 is 0 Å². The van der Waals surface area contributed by atoms with Crippen LogP contribution in [-0.4, -0.2) is 5.92 Å². The van der Waals surface area contributed by atoms with Gasteiger partial charge in [0.1, 0.15) is 0 Å². The zero-order valence-corrected chi connectivity index (χ0v) is 15.6. The Labute approximate surface area is 129 Å². The van der Waals surface area contributed by atoms with Gasteiger partial charge in [-0.3, -0.25) is 0 Å². The molecule has 17 heavy (non-hydrogen) atoms. The van der Waals surface area contributed by atoms with Crippen molar-refractivity contribution in [1.82, 2.24) is 0 Å². The van der Waals surface area contributed by atoms with E-state index in [4.69, 9.17) is 0 Å². The van der Waals surface area contributed by atoms with E-state index < -0.39 is 0 Å². The van der Waals surface area contributed by atoms with Crippen LogP contribution < -0.4 is 24.8 Å². The molecule has 0 saturated carbocycles. The fourth-order valence-electron chi connectivity index (χ4n) is 2.23. The summed E-state index contributed by atoms with van der Waals surface area (Å²) in [5.41, 5.74) is 6.41. The van der Waals surface area contributed by atoms with Crippen molar-refractivity contribution in [3.63, 3.8) is 0 Å². The molecular formula is C13H17Cl2SiZr. The molecule has 0 bridgehead atoms. The molecule has 1 radical (unpaired) electrons. The van der Waals surface area contributed by atoms with Gasteiger partial charge in [-0.15, -0.1) is 0 Å². The number of fused-ring (bicyclic) bond motifs is 1. The molecule has 0 heterocycles. The summed E-state index contributed by atoms with van der Waals surface area (Å²) in [6.45, 7) is 9.62. The van der Waals surface area contributed by atoms with E-state index in [9.17, 15) is 0 Å². The van der Waals surface area contributed by atoms with Gasteiger partial charge in [-0.05, 0) is 0 Å². The summed E-state index contributed by atoms with van der Waals surface area (Å²) in [5.74, 6) is 0.0209. The Bertz CT molecular complexity index is 416. The largest absolute Gasteiger partial charge is 1.00 e. The molecule has 0 aliphatic heterocycles. The summed E-state index contributed by atoms with van der Waals surface area (Å²) in [6, 6.07) is 9.03. The van der Waals surface area contributed by atoms with E-state index >= 15 is 0 Å². The van der Waals surface area contributed by atoms with Crippen LogP contribution in [0.3, 0.4) is 0 Å². The molecule has 91 valence electrons. The Balaban J connectivity index is 0.00000128. The van der Waals surface area contributed by atoms with Gasteiger partial charge in [0, 0.05) is 0 Å². The van der Waals surface area contributed by atoms with Gasteiger partial charge < -0.3 is 24.8 Å². The standard InChI is InChI=1S/C11H11.C2H6Si.2ClH.Zr/c1-8-7-10-5-3-4-6-11(10)9(8)2;1-3-2;;;/h3-7H,1-2H3;1-2H3;2*1H;/q;;;;+2/p-2. The van der Waals surface area contributed by atoms with Crippen LogP contribution in [0.15, 0.2) is 29.8 Å². The molecular weight excluding hydrogens is 346 g/mol. The molecule has 0 amide bonds. The first-order chi connectivity index (χ1) is 7.11. The topological polar surface area (TPSA) is 0 Å². The van der Waals surface area contributed by atoms with Crippen molar-refractivity contribution in [3.8, 4) is 0 Å². The number of halogens is 2. The number of benzene rings is 1. The number of allylic oxidation sites excluding steroid dienone is 2. The van der Waals surface area contributed by atoms with Crippen molar-refractivity contribution >= 4 is 11.5 Å². The summed E-state index contributed by atoms with van der Waals surface area (Å²) < 4.78 is 0.883.